The van der Waals surface area contributed by atoms with E-state index in [9.17, 15) is 4.79 Å². The van der Waals surface area contributed by atoms with Gasteiger partial charge in [0.1, 0.15) is 33.1 Å². The fourth-order valence-corrected chi connectivity index (χ4v) is 4.23. The number of carbonyl (C=O) groups excluding carboxylic acids is 1. The molecule has 0 bridgehead atoms. The van der Waals surface area contributed by atoms with Gasteiger partial charge in [-0.25, -0.2) is 9.78 Å². The zero-order chi connectivity index (χ0) is 18.4. The molecular weight excluding hydrogens is 346 g/mol. The van der Waals surface area contributed by atoms with E-state index in [1.807, 2.05) is 48.5 Å². The number of hydrogen-bond acceptors (Lipinski definition) is 6. The lowest BCUT2D eigenvalue weighted by Gasteiger charge is -2.34. The Balaban J connectivity index is 2.43. The predicted molar refractivity (Wildman–Crippen MR) is 98.2 cm³/mol. The SMILES string of the molecule is Cc1sc([C@@H]2[C@@H](C)OC(C)(C)N2C(=O)OC(C)(C)C)nc1C(N)=S. The van der Waals surface area contributed by atoms with Crippen molar-refractivity contribution in [3.05, 3.63) is 15.6 Å². The molecule has 134 valence electrons. The lowest BCUT2D eigenvalue weighted by Crippen LogP contribution is -2.47. The number of nitrogens with zero attached hydrogens (tertiary/aromatic N) is 2. The van der Waals surface area contributed by atoms with Crippen LogP contribution in [0, 0.1) is 6.92 Å². The summed E-state index contributed by atoms with van der Waals surface area (Å²) in [4.78, 5) is 20.1. The molecule has 2 N–H and O–H groups in total. The van der Waals surface area contributed by atoms with Gasteiger partial charge >= 0.3 is 6.09 Å². The second kappa shape index (κ2) is 6.24. The van der Waals surface area contributed by atoms with E-state index >= 15 is 0 Å². The molecule has 1 aromatic heterocycles. The average Bonchev–Trinajstić information content (AvgIpc) is 2.83. The van der Waals surface area contributed by atoms with Gasteiger partial charge in [0.15, 0.2) is 0 Å². The monoisotopic (exact) mass is 371 g/mol. The molecule has 8 heteroatoms. The van der Waals surface area contributed by atoms with E-state index in [0.717, 1.165) is 9.88 Å². The summed E-state index contributed by atoms with van der Waals surface area (Å²) in [5.41, 5.74) is 4.95. The lowest BCUT2D eigenvalue weighted by molar-refractivity contribution is -0.0757. The topological polar surface area (TPSA) is 77.7 Å². The Morgan fingerprint density at radius 3 is 2.50 bits per heavy atom. The van der Waals surface area contributed by atoms with E-state index in [2.05, 4.69) is 4.98 Å². The van der Waals surface area contributed by atoms with E-state index in [1.165, 1.54) is 11.3 Å². The first-order chi connectivity index (χ1) is 10.8. The van der Waals surface area contributed by atoms with Gasteiger partial charge in [0.05, 0.1) is 6.10 Å². The van der Waals surface area contributed by atoms with Gasteiger partial charge in [0.25, 0.3) is 0 Å². The first kappa shape index (κ1) is 19.1. The Bertz CT molecular complexity index is 664. The van der Waals surface area contributed by atoms with Gasteiger partial charge in [-0.2, -0.15) is 0 Å². The summed E-state index contributed by atoms with van der Waals surface area (Å²) in [6.45, 7) is 13.1. The maximum Gasteiger partial charge on any atom is 0.413 e. The standard InChI is InChI=1S/C16H25N3O3S2/c1-8-11(13-18-10(12(17)23)9(2)24-13)19(16(6,7)21-8)14(20)22-15(3,4)5/h8,11H,1-7H3,(H2,17,23)/t8-,11+/m1/s1. The van der Waals surface area contributed by atoms with Crippen LogP contribution in [0.1, 0.15) is 63.2 Å². The minimum atomic E-state index is -0.796. The van der Waals surface area contributed by atoms with E-state index < -0.39 is 17.4 Å². The molecule has 1 aromatic rings. The molecule has 1 aliphatic heterocycles. The molecule has 6 nitrogen and oxygen atoms in total. The van der Waals surface area contributed by atoms with Crippen molar-refractivity contribution in [2.75, 3.05) is 0 Å². The van der Waals surface area contributed by atoms with Gasteiger partial charge in [-0.1, -0.05) is 12.2 Å². The van der Waals surface area contributed by atoms with Crippen molar-refractivity contribution in [3.8, 4) is 0 Å². The predicted octanol–water partition coefficient (Wildman–Crippen LogP) is 3.52. The van der Waals surface area contributed by atoms with Crippen molar-refractivity contribution >= 4 is 34.6 Å². The van der Waals surface area contributed by atoms with E-state index in [4.69, 9.17) is 27.4 Å². The number of aryl methyl sites for hydroxylation is 1. The van der Waals surface area contributed by atoms with Crippen LogP contribution in [0.2, 0.25) is 0 Å². The zero-order valence-electron chi connectivity index (χ0n) is 15.2. The van der Waals surface area contributed by atoms with Gasteiger partial charge in [-0.15, -0.1) is 11.3 Å². The third-order valence-electron chi connectivity index (χ3n) is 3.67. The zero-order valence-corrected chi connectivity index (χ0v) is 16.8. The number of hydrogen-bond donors (Lipinski definition) is 1. The van der Waals surface area contributed by atoms with Crippen LogP contribution in [0.3, 0.4) is 0 Å². The average molecular weight is 372 g/mol. The third kappa shape index (κ3) is 3.70. The van der Waals surface area contributed by atoms with E-state index in [1.54, 1.807) is 4.90 Å². The lowest BCUT2D eigenvalue weighted by atomic mass is 10.1. The van der Waals surface area contributed by atoms with E-state index in [-0.39, 0.29) is 17.1 Å². The van der Waals surface area contributed by atoms with Crippen molar-refractivity contribution in [3.63, 3.8) is 0 Å². The minimum absolute atomic E-state index is 0.225. The highest BCUT2D eigenvalue weighted by molar-refractivity contribution is 7.80. The molecule has 0 aliphatic carbocycles. The molecule has 2 atom stereocenters. The third-order valence-corrected chi connectivity index (χ3v) is 4.90. The van der Waals surface area contributed by atoms with Gasteiger partial charge in [-0.05, 0) is 48.5 Å². The summed E-state index contributed by atoms with van der Waals surface area (Å²) in [6.07, 6.45) is -0.649. The van der Waals surface area contributed by atoms with Gasteiger partial charge < -0.3 is 15.2 Å². The molecule has 0 radical (unpaired) electrons. The van der Waals surface area contributed by atoms with Crippen LogP contribution in [0.4, 0.5) is 4.79 Å². The highest BCUT2D eigenvalue weighted by Crippen LogP contribution is 2.43. The first-order valence-electron chi connectivity index (χ1n) is 7.81. The molecule has 1 saturated heterocycles. The van der Waals surface area contributed by atoms with Crippen molar-refractivity contribution in [2.45, 2.75) is 71.9 Å². The van der Waals surface area contributed by atoms with Crippen LogP contribution in [-0.4, -0.2) is 38.4 Å². The van der Waals surface area contributed by atoms with Crippen LogP contribution in [0.25, 0.3) is 0 Å². The summed E-state index contributed by atoms with van der Waals surface area (Å²) in [5.74, 6) is 0. The molecule has 2 heterocycles. The van der Waals surface area contributed by atoms with Gasteiger partial charge in [0, 0.05) is 4.88 Å². The quantitative estimate of drug-likeness (QED) is 0.802. The Kier molecular flexibility index (Phi) is 4.96. The second-order valence-corrected chi connectivity index (χ2v) is 9.06. The largest absolute Gasteiger partial charge is 0.444 e. The maximum atomic E-state index is 12.8. The van der Waals surface area contributed by atoms with Crippen molar-refractivity contribution < 1.29 is 14.3 Å². The fourth-order valence-electron chi connectivity index (χ4n) is 2.85. The summed E-state index contributed by atoms with van der Waals surface area (Å²) in [5, 5.41) is 0.749. The summed E-state index contributed by atoms with van der Waals surface area (Å²) >= 11 is 6.53. The molecule has 0 spiro atoms. The minimum Gasteiger partial charge on any atom is -0.444 e. The van der Waals surface area contributed by atoms with Crippen molar-refractivity contribution in [2.24, 2.45) is 5.73 Å². The molecule has 0 aromatic carbocycles. The molecule has 1 aliphatic rings. The molecule has 2 rings (SSSR count). The van der Waals surface area contributed by atoms with Gasteiger partial charge in [0.2, 0.25) is 0 Å². The Morgan fingerprint density at radius 1 is 1.46 bits per heavy atom. The van der Waals surface area contributed by atoms with Crippen LogP contribution in [-0.2, 0) is 9.47 Å². The Morgan fingerprint density at radius 2 is 2.04 bits per heavy atom. The molecule has 0 unspecified atom stereocenters. The van der Waals surface area contributed by atoms with Crippen LogP contribution in [0.5, 0.6) is 0 Å². The number of thiazole rings is 1. The highest BCUT2D eigenvalue weighted by atomic mass is 32.1. The normalized spacial score (nSPS) is 23.4. The Labute approximate surface area is 152 Å². The van der Waals surface area contributed by atoms with Crippen molar-refractivity contribution in [1.29, 1.82) is 0 Å². The first-order valence-corrected chi connectivity index (χ1v) is 9.03. The van der Waals surface area contributed by atoms with Crippen LogP contribution >= 0.6 is 23.6 Å². The molecular formula is C16H25N3O3S2. The molecule has 1 fully saturated rings. The number of carbonyl (C=O) groups is 1. The summed E-state index contributed by atoms with van der Waals surface area (Å²) in [6, 6.07) is -0.346. The fraction of sp³-hybridized carbons (Fsp3) is 0.688. The highest BCUT2D eigenvalue weighted by Gasteiger charge is 2.51. The van der Waals surface area contributed by atoms with Gasteiger partial charge in [-0.3, -0.25) is 4.90 Å². The second-order valence-electron chi connectivity index (χ2n) is 7.39. The molecule has 24 heavy (non-hydrogen) atoms. The number of nitrogens with two attached hydrogens (primary N) is 1. The number of aromatic nitrogens is 1. The smallest absolute Gasteiger partial charge is 0.413 e. The number of amides is 1. The number of rotatable bonds is 2. The number of thiocarbonyl (C=S) groups is 1. The number of ether oxygens (including phenoxy) is 2. The maximum absolute atomic E-state index is 12.8. The summed E-state index contributed by atoms with van der Waals surface area (Å²) < 4.78 is 11.6. The van der Waals surface area contributed by atoms with Crippen LogP contribution < -0.4 is 5.73 Å². The van der Waals surface area contributed by atoms with Crippen molar-refractivity contribution in [1.82, 2.24) is 9.88 Å². The molecule has 1 amide bonds. The molecule has 0 saturated carbocycles. The summed E-state index contributed by atoms with van der Waals surface area (Å²) in [7, 11) is 0. The van der Waals surface area contributed by atoms with Crippen LogP contribution in [0.15, 0.2) is 0 Å². The Hall–Kier alpha value is -1.25. The van der Waals surface area contributed by atoms with E-state index in [0.29, 0.717) is 5.69 Å².